The monoisotopic (exact) mass is 526 g/mol. The number of hydrogen-bond acceptors (Lipinski definition) is 4. The molecule has 8 nitrogen and oxygen atoms in total. The van der Waals surface area contributed by atoms with Gasteiger partial charge in [-0.15, -0.1) is 0 Å². The molecule has 37 heavy (non-hydrogen) atoms. The number of halogens is 1. The molecule has 3 rings (SSSR count). The number of amides is 2. The predicted octanol–water partition coefficient (Wildman–Crippen LogP) is 2.82. The molecule has 196 valence electrons. The van der Waals surface area contributed by atoms with Crippen LogP contribution in [0.2, 0.25) is 0 Å². The molecule has 0 radical (unpaired) electrons. The minimum absolute atomic E-state index is 0.159. The molecule has 2 amide bonds. The van der Waals surface area contributed by atoms with Crippen LogP contribution in [0.3, 0.4) is 0 Å². The van der Waals surface area contributed by atoms with Crippen molar-refractivity contribution >= 4 is 27.7 Å². The van der Waals surface area contributed by atoms with E-state index in [1.165, 1.54) is 44.2 Å². The first-order valence-electron chi connectivity index (χ1n) is 11.7. The van der Waals surface area contributed by atoms with Gasteiger partial charge in [0, 0.05) is 39.7 Å². The maximum absolute atomic E-state index is 14.7. The Hall–Kier alpha value is -3.76. The van der Waals surface area contributed by atoms with Crippen LogP contribution < -0.4 is 9.62 Å². The van der Waals surface area contributed by atoms with Crippen molar-refractivity contribution < 1.29 is 22.4 Å². The van der Waals surface area contributed by atoms with Gasteiger partial charge in [-0.1, -0.05) is 66.7 Å². The van der Waals surface area contributed by atoms with Crippen LogP contribution in [0.25, 0.3) is 0 Å². The number of nitrogens with one attached hydrogen (secondary N) is 1. The van der Waals surface area contributed by atoms with Gasteiger partial charge in [-0.25, -0.2) is 8.70 Å². The molecule has 0 saturated heterocycles. The molecule has 1 unspecified atom stereocenters. The van der Waals surface area contributed by atoms with Crippen molar-refractivity contribution in [2.24, 2.45) is 0 Å². The average Bonchev–Trinajstić information content (AvgIpc) is 2.90. The van der Waals surface area contributed by atoms with Crippen molar-refractivity contribution in [2.45, 2.75) is 19.0 Å². The van der Waals surface area contributed by atoms with Crippen LogP contribution in [0.1, 0.15) is 11.1 Å². The largest absolute Gasteiger partial charge is 0.357 e. The second-order valence-electron chi connectivity index (χ2n) is 8.57. The van der Waals surface area contributed by atoms with Gasteiger partial charge < -0.3 is 10.2 Å². The molecule has 0 heterocycles. The Morgan fingerprint density at radius 1 is 0.892 bits per heavy atom. The van der Waals surface area contributed by atoms with Crippen LogP contribution in [0.15, 0.2) is 84.9 Å². The van der Waals surface area contributed by atoms with Gasteiger partial charge in [0.05, 0.1) is 5.69 Å². The number of carbonyl (C=O) groups is 2. The Bertz CT molecular complexity index is 1300. The molecule has 0 aliphatic rings. The molecular weight excluding hydrogens is 495 g/mol. The minimum atomic E-state index is -4.07. The lowest BCUT2D eigenvalue weighted by molar-refractivity contribution is -0.139. The van der Waals surface area contributed by atoms with Crippen LogP contribution in [-0.2, 0) is 32.8 Å². The van der Waals surface area contributed by atoms with Crippen molar-refractivity contribution in [1.29, 1.82) is 0 Å². The van der Waals surface area contributed by atoms with Gasteiger partial charge >= 0.3 is 10.2 Å². The number of benzene rings is 3. The topological polar surface area (TPSA) is 90.0 Å². The van der Waals surface area contributed by atoms with Crippen LogP contribution in [0, 0.1) is 5.82 Å². The molecule has 10 heteroatoms. The maximum atomic E-state index is 14.7. The molecule has 0 aliphatic heterocycles. The molecule has 1 atom stereocenters. The third kappa shape index (κ3) is 6.93. The standard InChI is InChI=1S/C27H31FN4O4S/c1-29-27(34)25(18-21-12-6-4-7-13-21)31(19-22-14-10-11-17-24(22)28)26(33)20-32(37(35,36)30(2)3)23-15-8-5-9-16-23/h4-17,25H,18-20H2,1-3H3,(H,29,34). The number of rotatable bonds is 11. The first-order chi connectivity index (χ1) is 17.6. The number of para-hydroxylation sites is 1. The Kier molecular flexibility index (Phi) is 9.37. The molecule has 0 aromatic heterocycles. The molecule has 3 aromatic carbocycles. The summed E-state index contributed by atoms with van der Waals surface area (Å²) < 4.78 is 43.0. The highest BCUT2D eigenvalue weighted by Gasteiger charge is 2.34. The third-order valence-corrected chi connectivity index (χ3v) is 7.70. The number of hydrogen-bond donors (Lipinski definition) is 1. The van der Waals surface area contributed by atoms with Crippen molar-refractivity contribution in [3.63, 3.8) is 0 Å². The highest BCUT2D eigenvalue weighted by molar-refractivity contribution is 7.90. The second-order valence-corrected chi connectivity index (χ2v) is 10.6. The van der Waals surface area contributed by atoms with Crippen LogP contribution in [0.5, 0.6) is 0 Å². The molecule has 3 aromatic rings. The molecule has 0 spiro atoms. The first kappa shape index (κ1) is 27.8. The van der Waals surface area contributed by atoms with Crippen molar-refractivity contribution in [2.75, 3.05) is 32.0 Å². The number of anilines is 1. The van der Waals surface area contributed by atoms with E-state index >= 15 is 0 Å². The van der Waals surface area contributed by atoms with Crippen molar-refractivity contribution in [3.8, 4) is 0 Å². The highest BCUT2D eigenvalue weighted by Crippen LogP contribution is 2.22. The van der Waals surface area contributed by atoms with Crippen molar-refractivity contribution in [1.82, 2.24) is 14.5 Å². The van der Waals surface area contributed by atoms with E-state index in [1.54, 1.807) is 36.4 Å². The molecule has 0 fully saturated rings. The van der Waals surface area contributed by atoms with Gasteiger partial charge in [-0.2, -0.15) is 12.7 Å². The van der Waals surface area contributed by atoms with Gasteiger partial charge in [0.15, 0.2) is 0 Å². The Morgan fingerprint density at radius 2 is 1.46 bits per heavy atom. The minimum Gasteiger partial charge on any atom is -0.357 e. The zero-order valence-corrected chi connectivity index (χ0v) is 21.9. The van der Waals surface area contributed by atoms with Gasteiger partial charge in [-0.3, -0.25) is 9.59 Å². The SMILES string of the molecule is CNC(=O)C(Cc1ccccc1)N(Cc1ccccc1F)C(=O)CN(c1ccccc1)S(=O)(=O)N(C)C. The van der Waals surface area contributed by atoms with E-state index in [2.05, 4.69) is 5.32 Å². The molecular formula is C27H31FN4O4S. The lowest BCUT2D eigenvalue weighted by Crippen LogP contribution is -2.54. The summed E-state index contributed by atoms with van der Waals surface area (Å²) in [7, 11) is 0.131. The van der Waals surface area contributed by atoms with Crippen LogP contribution in [0.4, 0.5) is 10.1 Å². The summed E-state index contributed by atoms with van der Waals surface area (Å²) in [5, 5.41) is 2.59. The molecule has 0 bridgehead atoms. The molecule has 0 saturated carbocycles. The van der Waals surface area contributed by atoms with E-state index in [0.717, 1.165) is 14.2 Å². The summed E-state index contributed by atoms with van der Waals surface area (Å²) in [5.41, 5.74) is 1.29. The van der Waals surface area contributed by atoms with E-state index in [4.69, 9.17) is 0 Å². The lowest BCUT2D eigenvalue weighted by atomic mass is 10.0. The number of likely N-dealkylation sites (N-methyl/N-ethyl adjacent to an activating group) is 1. The van der Waals surface area contributed by atoms with E-state index in [-0.39, 0.29) is 24.2 Å². The first-order valence-corrected chi connectivity index (χ1v) is 13.1. The van der Waals surface area contributed by atoms with E-state index in [0.29, 0.717) is 0 Å². The number of carbonyl (C=O) groups excluding carboxylic acids is 2. The second kappa shape index (κ2) is 12.5. The zero-order chi connectivity index (χ0) is 27.0. The maximum Gasteiger partial charge on any atom is 0.304 e. The van der Waals surface area contributed by atoms with Gasteiger partial charge in [0.25, 0.3) is 0 Å². The average molecular weight is 527 g/mol. The summed E-state index contributed by atoms with van der Waals surface area (Å²) in [6.07, 6.45) is 0.159. The van der Waals surface area contributed by atoms with E-state index in [9.17, 15) is 22.4 Å². The Labute approximate surface area is 217 Å². The fraction of sp³-hybridized carbons (Fsp3) is 0.259. The Morgan fingerprint density at radius 3 is 2.03 bits per heavy atom. The van der Waals surface area contributed by atoms with Crippen molar-refractivity contribution in [3.05, 3.63) is 102 Å². The smallest absolute Gasteiger partial charge is 0.304 e. The normalized spacial score (nSPS) is 12.1. The van der Waals surface area contributed by atoms with Gasteiger partial charge in [0.2, 0.25) is 11.8 Å². The summed E-state index contributed by atoms with van der Waals surface area (Å²) in [6, 6.07) is 22.3. The quantitative estimate of drug-likeness (QED) is 0.416. The lowest BCUT2D eigenvalue weighted by Gasteiger charge is -2.34. The predicted molar refractivity (Wildman–Crippen MR) is 141 cm³/mol. The summed E-state index contributed by atoms with van der Waals surface area (Å²) in [6.45, 7) is -0.803. The van der Waals surface area contributed by atoms with E-state index < -0.39 is 40.4 Å². The molecule has 0 aliphatic carbocycles. The summed E-state index contributed by atoms with van der Waals surface area (Å²) >= 11 is 0. The molecule has 1 N–H and O–H groups in total. The summed E-state index contributed by atoms with van der Waals surface area (Å²) in [5.74, 6) is -1.63. The fourth-order valence-electron chi connectivity index (χ4n) is 3.84. The number of nitrogens with zero attached hydrogens (tertiary/aromatic N) is 3. The highest BCUT2D eigenvalue weighted by atomic mass is 32.2. The third-order valence-electron chi connectivity index (χ3n) is 5.88. The van der Waals surface area contributed by atoms with Gasteiger partial charge in [0.1, 0.15) is 18.4 Å². The fourth-order valence-corrected chi connectivity index (χ4v) is 4.90. The zero-order valence-electron chi connectivity index (χ0n) is 21.0. The van der Waals surface area contributed by atoms with Crippen LogP contribution in [-0.4, -0.2) is 63.2 Å². The Balaban J connectivity index is 2.06. The summed E-state index contributed by atoms with van der Waals surface area (Å²) in [4.78, 5) is 28.2. The van der Waals surface area contributed by atoms with Crippen LogP contribution >= 0.6 is 0 Å². The van der Waals surface area contributed by atoms with E-state index in [1.807, 2.05) is 30.3 Å². The van der Waals surface area contributed by atoms with Gasteiger partial charge in [-0.05, 0) is 23.8 Å².